The Labute approximate surface area is 183 Å². The van der Waals surface area contributed by atoms with Crippen LogP contribution in [0.25, 0.3) is 0 Å². The second-order valence-corrected chi connectivity index (χ2v) is 8.17. The minimum absolute atomic E-state index is 0. The van der Waals surface area contributed by atoms with E-state index >= 15 is 0 Å². The highest BCUT2D eigenvalue weighted by Crippen LogP contribution is 2.39. The van der Waals surface area contributed by atoms with Crippen molar-refractivity contribution in [1.82, 2.24) is 15.5 Å². The Morgan fingerprint density at radius 2 is 1.93 bits per heavy atom. The molecule has 2 atom stereocenters. The summed E-state index contributed by atoms with van der Waals surface area (Å²) in [6.45, 7) is 3.42. The number of aliphatic hydroxyl groups is 1. The van der Waals surface area contributed by atoms with Crippen LogP contribution < -0.4 is 15.4 Å². The molecule has 2 heterocycles. The van der Waals surface area contributed by atoms with Gasteiger partial charge in [-0.1, -0.05) is 18.2 Å². The molecule has 0 unspecified atom stereocenters. The first-order valence-corrected chi connectivity index (χ1v) is 10.1. The topological polar surface area (TPSA) is 100 Å². The molecule has 0 bridgehead atoms. The Morgan fingerprint density at radius 3 is 2.57 bits per heavy atom. The Kier molecular flexibility index (Phi) is 8.49. The quantitative estimate of drug-likeness (QED) is 0.601. The van der Waals surface area contributed by atoms with Gasteiger partial charge in [-0.25, -0.2) is 0 Å². The van der Waals surface area contributed by atoms with Crippen LogP contribution in [0.1, 0.15) is 26.2 Å². The van der Waals surface area contributed by atoms with Gasteiger partial charge >= 0.3 is 0 Å². The molecule has 0 aromatic heterocycles. The van der Waals surface area contributed by atoms with Gasteiger partial charge in [0.1, 0.15) is 11.9 Å². The molecule has 9 heteroatoms. The highest BCUT2D eigenvalue weighted by molar-refractivity contribution is 5.85. The van der Waals surface area contributed by atoms with E-state index in [2.05, 4.69) is 10.6 Å². The van der Waals surface area contributed by atoms with Crippen molar-refractivity contribution in [2.24, 2.45) is 0 Å². The van der Waals surface area contributed by atoms with Gasteiger partial charge in [0, 0.05) is 19.5 Å². The molecule has 30 heavy (non-hydrogen) atoms. The van der Waals surface area contributed by atoms with Crippen LogP contribution in [0, 0.1) is 0 Å². The summed E-state index contributed by atoms with van der Waals surface area (Å²) in [5.41, 5.74) is -1.26. The fourth-order valence-corrected chi connectivity index (χ4v) is 4.17. The largest absolute Gasteiger partial charge is 0.484 e. The Morgan fingerprint density at radius 1 is 1.27 bits per heavy atom. The van der Waals surface area contributed by atoms with Crippen molar-refractivity contribution in [2.75, 3.05) is 39.9 Å². The average Bonchev–Trinajstić information content (AvgIpc) is 2.71. The van der Waals surface area contributed by atoms with Crippen LogP contribution in [0.4, 0.5) is 0 Å². The van der Waals surface area contributed by atoms with Crippen molar-refractivity contribution in [3.05, 3.63) is 30.3 Å². The SMILES string of the molecule is CNCC(=O)N1CCC2(CC1)C[C@](C)(NC(=O)COc1ccccc1)[C@@H](O)CO2.Cl. The number of amides is 2. The molecule has 168 valence electrons. The summed E-state index contributed by atoms with van der Waals surface area (Å²) < 4.78 is 11.5. The van der Waals surface area contributed by atoms with Gasteiger partial charge in [-0.15, -0.1) is 12.4 Å². The predicted octanol–water partition coefficient (Wildman–Crippen LogP) is 0.724. The highest BCUT2D eigenvalue weighted by Gasteiger charge is 2.50. The van der Waals surface area contributed by atoms with E-state index in [4.69, 9.17) is 9.47 Å². The summed E-state index contributed by atoms with van der Waals surface area (Å²) in [5.74, 6) is 0.414. The van der Waals surface area contributed by atoms with Gasteiger partial charge < -0.3 is 30.1 Å². The third kappa shape index (κ3) is 5.85. The predicted molar refractivity (Wildman–Crippen MR) is 115 cm³/mol. The number of hydrogen-bond donors (Lipinski definition) is 3. The molecular formula is C21H32ClN3O5. The molecule has 8 nitrogen and oxygen atoms in total. The number of aliphatic hydroxyl groups excluding tert-OH is 1. The van der Waals surface area contributed by atoms with Crippen molar-refractivity contribution in [3.8, 4) is 5.75 Å². The van der Waals surface area contributed by atoms with Crippen molar-refractivity contribution >= 4 is 24.2 Å². The summed E-state index contributed by atoms with van der Waals surface area (Å²) >= 11 is 0. The molecule has 2 aliphatic heterocycles. The Bertz CT molecular complexity index is 712. The summed E-state index contributed by atoms with van der Waals surface area (Å²) in [5, 5.41) is 16.4. The minimum Gasteiger partial charge on any atom is -0.484 e. The number of nitrogens with one attached hydrogen (secondary N) is 2. The maximum Gasteiger partial charge on any atom is 0.258 e. The maximum absolute atomic E-state index is 12.5. The molecule has 0 radical (unpaired) electrons. The maximum atomic E-state index is 12.5. The second-order valence-electron chi connectivity index (χ2n) is 8.17. The smallest absolute Gasteiger partial charge is 0.258 e. The van der Waals surface area contributed by atoms with Gasteiger partial charge in [0.05, 0.1) is 24.3 Å². The number of halogens is 1. The van der Waals surface area contributed by atoms with Crippen LogP contribution in [0.5, 0.6) is 5.75 Å². The lowest BCUT2D eigenvalue weighted by atomic mass is 9.74. The number of para-hydroxylation sites is 1. The number of ether oxygens (including phenoxy) is 2. The van der Waals surface area contributed by atoms with E-state index in [9.17, 15) is 14.7 Å². The van der Waals surface area contributed by atoms with Crippen LogP contribution in [-0.4, -0.2) is 79.0 Å². The molecule has 2 fully saturated rings. The van der Waals surface area contributed by atoms with E-state index in [0.717, 1.165) is 0 Å². The molecule has 0 aliphatic carbocycles. The Balaban J connectivity index is 0.00000320. The number of hydrogen-bond acceptors (Lipinski definition) is 6. The summed E-state index contributed by atoms with van der Waals surface area (Å²) in [7, 11) is 1.75. The lowest BCUT2D eigenvalue weighted by Crippen LogP contribution is -2.66. The first kappa shape index (κ1) is 24.4. The molecule has 1 aromatic rings. The molecule has 2 amide bonds. The first-order chi connectivity index (χ1) is 13.9. The minimum atomic E-state index is -0.813. The van der Waals surface area contributed by atoms with E-state index in [1.807, 2.05) is 30.0 Å². The Hall–Kier alpha value is -1.87. The van der Waals surface area contributed by atoms with E-state index in [0.29, 0.717) is 44.6 Å². The first-order valence-electron chi connectivity index (χ1n) is 10.1. The monoisotopic (exact) mass is 441 g/mol. The lowest BCUT2D eigenvalue weighted by molar-refractivity contribution is -0.183. The van der Waals surface area contributed by atoms with Crippen LogP contribution in [0.3, 0.4) is 0 Å². The van der Waals surface area contributed by atoms with E-state index < -0.39 is 17.2 Å². The van der Waals surface area contributed by atoms with Crippen molar-refractivity contribution in [2.45, 2.75) is 43.4 Å². The van der Waals surface area contributed by atoms with Crippen LogP contribution in [0.2, 0.25) is 0 Å². The number of carbonyl (C=O) groups excluding carboxylic acids is 2. The molecule has 1 aromatic carbocycles. The van der Waals surface area contributed by atoms with Crippen molar-refractivity contribution in [3.63, 3.8) is 0 Å². The molecule has 3 N–H and O–H groups in total. The van der Waals surface area contributed by atoms with Crippen molar-refractivity contribution < 1.29 is 24.2 Å². The average molecular weight is 442 g/mol. The third-order valence-corrected chi connectivity index (χ3v) is 5.87. The van der Waals surface area contributed by atoms with E-state index in [1.54, 1.807) is 19.2 Å². The fraction of sp³-hybridized carbons (Fsp3) is 0.619. The number of benzene rings is 1. The zero-order valence-corrected chi connectivity index (χ0v) is 18.4. The molecule has 2 aliphatic rings. The number of carbonyl (C=O) groups is 2. The zero-order chi connectivity index (χ0) is 20.9. The number of likely N-dealkylation sites (tertiary alicyclic amines) is 1. The molecule has 3 rings (SSSR count). The van der Waals surface area contributed by atoms with Gasteiger partial charge in [0.25, 0.3) is 5.91 Å². The summed E-state index contributed by atoms with van der Waals surface area (Å²) in [6, 6.07) is 9.14. The van der Waals surface area contributed by atoms with Crippen LogP contribution in [0.15, 0.2) is 30.3 Å². The summed E-state index contributed by atoms with van der Waals surface area (Å²) in [4.78, 5) is 26.4. The van der Waals surface area contributed by atoms with E-state index in [1.165, 1.54) is 0 Å². The molecule has 0 saturated carbocycles. The highest BCUT2D eigenvalue weighted by atomic mass is 35.5. The fourth-order valence-electron chi connectivity index (χ4n) is 4.17. The lowest BCUT2D eigenvalue weighted by Gasteiger charge is -2.52. The van der Waals surface area contributed by atoms with Crippen LogP contribution in [-0.2, 0) is 14.3 Å². The molecule has 1 spiro atoms. The molecule has 2 saturated heterocycles. The molecular weight excluding hydrogens is 410 g/mol. The number of likely N-dealkylation sites (N-methyl/N-ethyl adjacent to an activating group) is 1. The van der Waals surface area contributed by atoms with Gasteiger partial charge in [-0.2, -0.15) is 0 Å². The zero-order valence-electron chi connectivity index (χ0n) is 17.6. The van der Waals surface area contributed by atoms with Gasteiger partial charge in [0.2, 0.25) is 5.91 Å². The van der Waals surface area contributed by atoms with Crippen LogP contribution >= 0.6 is 12.4 Å². The normalized spacial score (nSPS) is 25.3. The third-order valence-electron chi connectivity index (χ3n) is 5.87. The van der Waals surface area contributed by atoms with Crippen molar-refractivity contribution in [1.29, 1.82) is 0 Å². The number of rotatable bonds is 6. The second kappa shape index (κ2) is 10.4. The van der Waals surface area contributed by atoms with Gasteiger partial charge in [0.15, 0.2) is 6.61 Å². The van der Waals surface area contributed by atoms with E-state index in [-0.39, 0.29) is 37.4 Å². The summed E-state index contributed by atoms with van der Waals surface area (Å²) in [6.07, 6.45) is 1.05. The van der Waals surface area contributed by atoms with Gasteiger partial charge in [-0.05, 0) is 38.9 Å². The standard InChI is InChI=1S/C21H31N3O5.ClH/c1-20(23-18(26)14-28-16-6-4-3-5-7-16)15-21(29-13-17(20)25)8-10-24(11-9-21)19(27)12-22-2;/h3-7,17,22,25H,8-15H2,1-2H3,(H,23,26);1H/t17-,20-;/m0./s1. The number of nitrogens with zero attached hydrogens (tertiary/aromatic N) is 1. The number of piperidine rings is 1. The van der Waals surface area contributed by atoms with Gasteiger partial charge in [-0.3, -0.25) is 9.59 Å².